The highest BCUT2D eigenvalue weighted by Crippen LogP contribution is 2.37. The van der Waals surface area contributed by atoms with Gasteiger partial charge >= 0.3 is 12.1 Å². The van der Waals surface area contributed by atoms with Crippen molar-refractivity contribution in [3.63, 3.8) is 0 Å². The highest BCUT2D eigenvalue weighted by molar-refractivity contribution is 5.97. The molecule has 0 aliphatic rings. The zero-order valence-electron chi connectivity index (χ0n) is 19.9. The Labute approximate surface area is 216 Å². The van der Waals surface area contributed by atoms with Gasteiger partial charge < -0.3 is 14.4 Å². The molecule has 0 unspecified atom stereocenters. The Hall–Kier alpha value is -4.84. The highest BCUT2D eigenvalue weighted by atomic mass is 19.4. The van der Waals surface area contributed by atoms with Gasteiger partial charge in [-0.25, -0.2) is 4.79 Å². The van der Waals surface area contributed by atoms with Gasteiger partial charge in [0.05, 0.1) is 23.7 Å². The number of amides is 1. The van der Waals surface area contributed by atoms with Gasteiger partial charge in [-0.1, -0.05) is 54.6 Å². The molecule has 6 nitrogen and oxygen atoms in total. The van der Waals surface area contributed by atoms with Gasteiger partial charge in [0.2, 0.25) is 0 Å². The third-order valence-corrected chi connectivity index (χ3v) is 5.92. The Bertz CT molecular complexity index is 1490. The van der Waals surface area contributed by atoms with Gasteiger partial charge in [0.1, 0.15) is 17.6 Å². The average Bonchev–Trinajstić information content (AvgIpc) is 3.39. The lowest BCUT2D eigenvalue weighted by atomic mass is 10.0. The van der Waals surface area contributed by atoms with Crippen molar-refractivity contribution in [3.8, 4) is 17.4 Å². The molecule has 0 spiro atoms. The average molecular weight is 518 g/mol. The second kappa shape index (κ2) is 11.0. The van der Waals surface area contributed by atoms with Gasteiger partial charge in [0, 0.05) is 17.5 Å². The van der Waals surface area contributed by atoms with Gasteiger partial charge in [0.15, 0.2) is 0 Å². The molecule has 0 aliphatic heterocycles. The molecule has 4 rings (SSSR count). The number of rotatable bonds is 8. The number of carbonyl (C=O) groups excluding carboxylic acids is 1. The number of hydrogen-bond acceptors (Lipinski definition) is 4. The molecular formula is C29H21F3N2O4. The molecule has 4 aromatic rings. The number of carboxylic acids is 1. The molecule has 0 saturated carbocycles. The number of aliphatic carboxylic acids is 1. The molecule has 1 N–H and O–H groups in total. The van der Waals surface area contributed by atoms with E-state index in [4.69, 9.17) is 4.42 Å². The normalized spacial score (nSPS) is 11.9. The molecule has 1 amide bonds. The van der Waals surface area contributed by atoms with Crippen LogP contribution >= 0.6 is 0 Å². The first-order valence-corrected chi connectivity index (χ1v) is 11.5. The number of carbonyl (C=O) groups is 2. The number of carboxylic acid groups (broad SMARTS) is 1. The molecule has 38 heavy (non-hydrogen) atoms. The van der Waals surface area contributed by atoms with Crippen LogP contribution in [-0.4, -0.2) is 27.9 Å². The van der Waals surface area contributed by atoms with Crippen LogP contribution in [-0.2, 0) is 23.9 Å². The first-order chi connectivity index (χ1) is 18.2. The molecule has 1 aromatic heterocycles. The topological polar surface area (TPSA) is 94.5 Å². The first kappa shape index (κ1) is 26.2. The van der Waals surface area contributed by atoms with Crippen LogP contribution in [0.25, 0.3) is 11.3 Å². The Morgan fingerprint density at radius 2 is 1.66 bits per heavy atom. The summed E-state index contributed by atoms with van der Waals surface area (Å²) in [5.41, 5.74) is -0.0744. The molecule has 0 fully saturated rings. The number of halogens is 3. The fraction of sp³-hybridized carbons (Fsp3) is 0.138. The Morgan fingerprint density at radius 3 is 2.34 bits per heavy atom. The predicted octanol–water partition coefficient (Wildman–Crippen LogP) is 6.18. The number of benzene rings is 3. The standard InChI is InChI=1S/C29H21F3N2O4/c30-29(31,32)24-12-5-4-11-23(24)26-14-13-22(38-26)18-34(27(35)21-10-6-9-20(15-21)17-33)25(28(36)37)16-19-7-2-1-3-8-19/h1-15,25H,16,18H2,(H,36,37)/t25-/m0/s1. The number of alkyl halides is 3. The third kappa shape index (κ3) is 5.93. The molecule has 0 aliphatic carbocycles. The highest BCUT2D eigenvalue weighted by Gasteiger charge is 2.35. The van der Waals surface area contributed by atoms with Gasteiger partial charge in [-0.3, -0.25) is 4.79 Å². The number of nitrogens with zero attached hydrogens (tertiary/aromatic N) is 2. The maximum absolute atomic E-state index is 13.6. The largest absolute Gasteiger partial charge is 0.480 e. The minimum absolute atomic E-state index is 0.0235. The predicted molar refractivity (Wildman–Crippen MR) is 132 cm³/mol. The Kier molecular flexibility index (Phi) is 7.63. The first-order valence-electron chi connectivity index (χ1n) is 11.5. The van der Waals surface area contributed by atoms with Crippen molar-refractivity contribution >= 4 is 11.9 Å². The van der Waals surface area contributed by atoms with E-state index < -0.39 is 29.7 Å². The van der Waals surface area contributed by atoms with Crippen LogP contribution in [0.15, 0.2) is 95.4 Å². The molecule has 192 valence electrons. The maximum atomic E-state index is 13.6. The maximum Gasteiger partial charge on any atom is 0.417 e. The fourth-order valence-electron chi connectivity index (χ4n) is 4.10. The summed E-state index contributed by atoms with van der Waals surface area (Å²) in [6.45, 7) is -0.326. The van der Waals surface area contributed by atoms with Crippen molar-refractivity contribution in [2.24, 2.45) is 0 Å². The summed E-state index contributed by atoms with van der Waals surface area (Å²) in [6, 6.07) is 22.9. The van der Waals surface area contributed by atoms with E-state index in [2.05, 4.69) is 0 Å². The summed E-state index contributed by atoms with van der Waals surface area (Å²) in [6.07, 6.45) is -4.63. The van der Waals surface area contributed by atoms with Gasteiger partial charge in [-0.05, 0) is 42.0 Å². The van der Waals surface area contributed by atoms with E-state index in [1.54, 1.807) is 30.3 Å². The van der Waals surface area contributed by atoms with E-state index >= 15 is 0 Å². The van der Waals surface area contributed by atoms with Crippen molar-refractivity contribution in [2.45, 2.75) is 25.2 Å². The zero-order valence-corrected chi connectivity index (χ0v) is 19.9. The lowest BCUT2D eigenvalue weighted by molar-refractivity contribution is -0.142. The number of nitriles is 1. The summed E-state index contributed by atoms with van der Waals surface area (Å²) in [4.78, 5) is 27.0. The van der Waals surface area contributed by atoms with Crippen LogP contribution in [0.2, 0.25) is 0 Å². The van der Waals surface area contributed by atoms with Crippen LogP contribution in [0.1, 0.15) is 32.8 Å². The molecule has 0 bridgehead atoms. The van der Waals surface area contributed by atoms with E-state index in [0.717, 1.165) is 11.0 Å². The minimum Gasteiger partial charge on any atom is -0.480 e. The van der Waals surface area contributed by atoms with E-state index in [9.17, 15) is 33.1 Å². The molecule has 1 atom stereocenters. The van der Waals surface area contributed by atoms with E-state index in [1.165, 1.54) is 54.6 Å². The molecule has 0 radical (unpaired) electrons. The van der Waals surface area contributed by atoms with E-state index in [1.807, 2.05) is 6.07 Å². The Morgan fingerprint density at radius 1 is 0.947 bits per heavy atom. The van der Waals surface area contributed by atoms with Crippen LogP contribution in [0.3, 0.4) is 0 Å². The quantitative estimate of drug-likeness (QED) is 0.301. The molecule has 9 heteroatoms. The zero-order chi connectivity index (χ0) is 27.3. The van der Waals surface area contributed by atoms with Crippen molar-refractivity contribution in [1.29, 1.82) is 5.26 Å². The van der Waals surface area contributed by atoms with Crippen molar-refractivity contribution in [1.82, 2.24) is 4.90 Å². The van der Waals surface area contributed by atoms with Crippen LogP contribution in [0.4, 0.5) is 13.2 Å². The summed E-state index contributed by atoms with van der Waals surface area (Å²) in [5, 5.41) is 19.3. The minimum atomic E-state index is -4.61. The fourth-order valence-corrected chi connectivity index (χ4v) is 4.10. The lowest BCUT2D eigenvalue weighted by Crippen LogP contribution is -2.46. The molecule has 3 aromatic carbocycles. The van der Waals surface area contributed by atoms with Crippen LogP contribution < -0.4 is 0 Å². The molecule has 0 saturated heterocycles. The smallest absolute Gasteiger partial charge is 0.417 e. The SMILES string of the molecule is N#Cc1cccc(C(=O)N(Cc2ccc(-c3ccccc3C(F)(F)F)o2)[C@@H](Cc2ccccc2)C(=O)O)c1. The van der Waals surface area contributed by atoms with E-state index in [0.29, 0.717) is 5.56 Å². The molecule has 1 heterocycles. The van der Waals surface area contributed by atoms with E-state index in [-0.39, 0.29) is 41.2 Å². The summed E-state index contributed by atoms with van der Waals surface area (Å²) in [7, 11) is 0. The number of furan rings is 1. The second-order valence-electron chi connectivity index (χ2n) is 8.48. The van der Waals surface area contributed by atoms with Gasteiger partial charge in [-0.15, -0.1) is 0 Å². The van der Waals surface area contributed by atoms with Crippen LogP contribution in [0.5, 0.6) is 0 Å². The second-order valence-corrected chi connectivity index (χ2v) is 8.48. The van der Waals surface area contributed by atoms with Gasteiger partial charge in [-0.2, -0.15) is 18.4 Å². The Balaban J connectivity index is 1.72. The number of hydrogen-bond donors (Lipinski definition) is 1. The van der Waals surface area contributed by atoms with Crippen LogP contribution in [0, 0.1) is 11.3 Å². The van der Waals surface area contributed by atoms with Crippen molar-refractivity contribution < 1.29 is 32.3 Å². The summed E-state index contributed by atoms with van der Waals surface area (Å²) < 4.78 is 46.3. The lowest BCUT2D eigenvalue weighted by Gasteiger charge is -2.28. The summed E-state index contributed by atoms with van der Waals surface area (Å²) in [5.74, 6) is -1.91. The monoisotopic (exact) mass is 518 g/mol. The van der Waals surface area contributed by atoms with Gasteiger partial charge in [0.25, 0.3) is 5.91 Å². The molecular weight excluding hydrogens is 497 g/mol. The summed E-state index contributed by atoms with van der Waals surface area (Å²) >= 11 is 0. The van der Waals surface area contributed by atoms with Crippen molar-refractivity contribution in [2.75, 3.05) is 0 Å². The third-order valence-electron chi connectivity index (χ3n) is 5.92. The van der Waals surface area contributed by atoms with Crippen molar-refractivity contribution in [3.05, 3.63) is 119 Å².